The lowest BCUT2D eigenvalue weighted by atomic mass is 10.0. The zero-order chi connectivity index (χ0) is 19.6. The molecule has 27 heavy (non-hydrogen) atoms. The molecule has 2 nitrogen and oxygen atoms in total. The lowest BCUT2D eigenvalue weighted by Crippen LogP contribution is -2.20. The molecule has 0 radical (unpaired) electrons. The van der Waals surface area contributed by atoms with Gasteiger partial charge < -0.3 is 4.74 Å². The number of carbonyl (C=O) groups excluding carboxylic acids is 1. The summed E-state index contributed by atoms with van der Waals surface area (Å²) in [6, 6.07) is 0. The summed E-state index contributed by atoms with van der Waals surface area (Å²) in [6.07, 6.45) is 28.4. The van der Waals surface area contributed by atoms with Gasteiger partial charge in [0.1, 0.15) is 6.10 Å². The number of hydrogen-bond donors (Lipinski definition) is 0. The predicted octanol–water partition coefficient (Wildman–Crippen LogP) is 8.07. The van der Waals surface area contributed by atoms with E-state index in [1.54, 1.807) is 6.08 Å². The maximum atomic E-state index is 11.5. The largest absolute Gasteiger partial charge is 0.494 e. The van der Waals surface area contributed by atoms with E-state index in [9.17, 15) is 4.79 Å². The van der Waals surface area contributed by atoms with Gasteiger partial charge in [0.2, 0.25) is 0 Å². The number of unbranched alkanes of at least 4 members (excludes halogenated alkanes) is 14. The van der Waals surface area contributed by atoms with Gasteiger partial charge >= 0.3 is 0 Å². The second kappa shape index (κ2) is 17.1. The molecule has 1 aliphatic heterocycles. The highest BCUT2D eigenvalue weighted by atomic mass is 16.5. The summed E-state index contributed by atoms with van der Waals surface area (Å²) in [5.74, 6) is 0.959. The molecule has 1 unspecified atom stereocenters. The zero-order valence-electron chi connectivity index (χ0n) is 18.1. The number of carbonyl (C=O) groups is 1. The molecule has 0 bridgehead atoms. The van der Waals surface area contributed by atoms with E-state index in [0.717, 1.165) is 18.6 Å². The third kappa shape index (κ3) is 14.7. The molecule has 0 saturated carbocycles. The van der Waals surface area contributed by atoms with E-state index >= 15 is 0 Å². The molecule has 1 heterocycles. The minimum absolute atomic E-state index is 0.0510. The first-order valence-corrected chi connectivity index (χ1v) is 11.7. The van der Waals surface area contributed by atoms with Crippen LogP contribution in [0, 0.1) is 0 Å². The highest BCUT2D eigenvalue weighted by molar-refractivity contribution is 5.91. The Hall–Kier alpha value is -1.05. The number of ether oxygens (including phenoxy) is 1. The molecule has 1 rings (SSSR count). The van der Waals surface area contributed by atoms with Crippen molar-refractivity contribution in [2.45, 2.75) is 129 Å². The first kappa shape index (κ1) is 24.0. The second-order valence-corrected chi connectivity index (χ2v) is 8.26. The van der Waals surface area contributed by atoms with Gasteiger partial charge in [0, 0.05) is 18.9 Å². The summed E-state index contributed by atoms with van der Waals surface area (Å²) < 4.78 is 5.67. The Morgan fingerprint density at radius 1 is 0.852 bits per heavy atom. The summed E-state index contributed by atoms with van der Waals surface area (Å²) in [5, 5.41) is 0. The smallest absolute Gasteiger partial charge is 0.162 e. The van der Waals surface area contributed by atoms with Gasteiger partial charge in [-0.1, -0.05) is 103 Å². The van der Waals surface area contributed by atoms with E-state index in [1.807, 2.05) is 6.92 Å². The molecule has 0 aromatic heterocycles. The molecule has 0 saturated heterocycles. The Balaban J connectivity index is 1.79. The molecule has 0 spiro atoms. The van der Waals surface area contributed by atoms with Gasteiger partial charge in [-0.2, -0.15) is 0 Å². The Kier molecular flexibility index (Phi) is 15.2. The quantitative estimate of drug-likeness (QED) is 0.189. The predicted molar refractivity (Wildman–Crippen MR) is 117 cm³/mol. The van der Waals surface area contributed by atoms with Crippen molar-refractivity contribution in [3.8, 4) is 0 Å². The number of hydrogen-bond acceptors (Lipinski definition) is 2. The van der Waals surface area contributed by atoms with Crippen LogP contribution in [0.4, 0.5) is 0 Å². The maximum Gasteiger partial charge on any atom is 0.162 e. The topological polar surface area (TPSA) is 26.3 Å². The highest BCUT2D eigenvalue weighted by Gasteiger charge is 2.18. The van der Waals surface area contributed by atoms with Gasteiger partial charge in [0.15, 0.2) is 5.78 Å². The molecule has 0 fully saturated rings. The van der Waals surface area contributed by atoms with Crippen LogP contribution in [-0.2, 0) is 9.53 Å². The standard InChI is InChI=1S/C25H44O2/c1-3-4-5-6-7-8-9-10-11-12-13-14-15-16-17-18-19-20-25-22-24(26)21-23(2)27-25/h18-19,21,25H,3-17,20,22H2,1-2H3. The van der Waals surface area contributed by atoms with E-state index in [4.69, 9.17) is 4.74 Å². The van der Waals surface area contributed by atoms with Crippen LogP contribution in [0.15, 0.2) is 24.0 Å². The van der Waals surface area contributed by atoms with Gasteiger partial charge in [-0.05, 0) is 19.8 Å². The third-order valence-electron chi connectivity index (χ3n) is 5.44. The monoisotopic (exact) mass is 376 g/mol. The lowest BCUT2D eigenvalue weighted by Gasteiger charge is -2.20. The zero-order valence-corrected chi connectivity index (χ0v) is 18.1. The van der Waals surface area contributed by atoms with Crippen molar-refractivity contribution in [2.24, 2.45) is 0 Å². The van der Waals surface area contributed by atoms with Crippen LogP contribution < -0.4 is 0 Å². The minimum atomic E-state index is 0.0510. The summed E-state index contributed by atoms with van der Waals surface area (Å²) in [4.78, 5) is 11.5. The summed E-state index contributed by atoms with van der Waals surface area (Å²) in [6.45, 7) is 4.15. The lowest BCUT2D eigenvalue weighted by molar-refractivity contribution is -0.118. The van der Waals surface area contributed by atoms with Gasteiger partial charge in [-0.3, -0.25) is 4.79 Å². The van der Waals surface area contributed by atoms with Crippen LogP contribution >= 0.6 is 0 Å². The number of rotatable bonds is 17. The molecular weight excluding hydrogens is 332 g/mol. The van der Waals surface area contributed by atoms with Crippen molar-refractivity contribution >= 4 is 5.78 Å². The normalized spacial score (nSPS) is 17.3. The Morgan fingerprint density at radius 2 is 1.37 bits per heavy atom. The number of allylic oxidation sites excluding steroid dienone is 3. The highest BCUT2D eigenvalue weighted by Crippen LogP contribution is 2.17. The fourth-order valence-corrected chi connectivity index (χ4v) is 3.80. The van der Waals surface area contributed by atoms with E-state index in [-0.39, 0.29) is 11.9 Å². The van der Waals surface area contributed by atoms with Gasteiger partial charge in [0.25, 0.3) is 0 Å². The average Bonchev–Trinajstić information content (AvgIpc) is 2.63. The van der Waals surface area contributed by atoms with Crippen molar-refractivity contribution < 1.29 is 9.53 Å². The maximum absolute atomic E-state index is 11.5. The van der Waals surface area contributed by atoms with Gasteiger partial charge in [0.05, 0.1) is 5.76 Å². The molecule has 0 N–H and O–H groups in total. The molecule has 0 amide bonds. The van der Waals surface area contributed by atoms with Crippen LogP contribution in [-0.4, -0.2) is 11.9 Å². The number of ketones is 1. The molecular formula is C25H44O2. The molecule has 1 aliphatic rings. The fourth-order valence-electron chi connectivity index (χ4n) is 3.80. The van der Waals surface area contributed by atoms with Gasteiger partial charge in [-0.15, -0.1) is 0 Å². The van der Waals surface area contributed by atoms with Crippen LogP contribution in [0.2, 0.25) is 0 Å². The fraction of sp³-hybridized carbons (Fsp3) is 0.800. The first-order chi connectivity index (χ1) is 13.2. The van der Waals surface area contributed by atoms with E-state index < -0.39 is 0 Å². The first-order valence-electron chi connectivity index (χ1n) is 11.7. The summed E-state index contributed by atoms with van der Waals surface area (Å²) in [7, 11) is 0. The van der Waals surface area contributed by atoms with Crippen molar-refractivity contribution in [3.63, 3.8) is 0 Å². The van der Waals surface area contributed by atoms with E-state index in [0.29, 0.717) is 6.42 Å². The average molecular weight is 377 g/mol. The van der Waals surface area contributed by atoms with E-state index in [2.05, 4.69) is 19.1 Å². The molecule has 156 valence electrons. The third-order valence-corrected chi connectivity index (χ3v) is 5.44. The van der Waals surface area contributed by atoms with Crippen molar-refractivity contribution in [1.29, 1.82) is 0 Å². The Bertz CT molecular complexity index is 422. The SMILES string of the molecule is CCCCCCCCCCCCCCCCC=CCC1CC(=O)C=C(C)O1. The van der Waals surface area contributed by atoms with Crippen molar-refractivity contribution in [1.82, 2.24) is 0 Å². The van der Waals surface area contributed by atoms with Crippen LogP contribution in [0.25, 0.3) is 0 Å². The Morgan fingerprint density at radius 3 is 1.89 bits per heavy atom. The molecule has 0 aromatic carbocycles. The van der Waals surface area contributed by atoms with E-state index in [1.165, 1.54) is 89.9 Å². The van der Waals surface area contributed by atoms with Crippen LogP contribution in [0.1, 0.15) is 123 Å². The molecule has 2 heteroatoms. The van der Waals surface area contributed by atoms with Crippen LogP contribution in [0.5, 0.6) is 0 Å². The molecule has 1 atom stereocenters. The van der Waals surface area contributed by atoms with Crippen molar-refractivity contribution in [2.75, 3.05) is 0 Å². The summed E-state index contributed by atoms with van der Waals surface area (Å²) >= 11 is 0. The summed E-state index contributed by atoms with van der Waals surface area (Å²) in [5.41, 5.74) is 0. The Labute approximate surface area is 168 Å². The van der Waals surface area contributed by atoms with Crippen molar-refractivity contribution in [3.05, 3.63) is 24.0 Å². The van der Waals surface area contributed by atoms with Gasteiger partial charge in [-0.25, -0.2) is 0 Å². The second-order valence-electron chi connectivity index (χ2n) is 8.26. The molecule has 0 aromatic rings. The van der Waals surface area contributed by atoms with Crippen LogP contribution in [0.3, 0.4) is 0 Å². The minimum Gasteiger partial charge on any atom is -0.494 e. The molecule has 0 aliphatic carbocycles.